The second-order valence-corrected chi connectivity index (χ2v) is 24.2. The standard InChI is InChI=1S/C66H101N5O37/c1-35(72)94-32-47-54(97-38(4)75)57(100-41(7)78)60(103-44(10)81)63(106-47)91-28-25-88-22-19-68-50(84)13-16-66(71-53(87)31-67,17-14-51(85)69-20-23-89-26-29-92-64-61(104-45(11)82)58(101-42(8)79)55(98-39(5)76)48(107-64)33-95-36(2)73)18-15-52(86)70-21-24-90-27-30-93-65-62(105-46(12)83)59(102-43(9)80)56(99-40(6)77)49(108-65)34-96-37(3)74/h47-49,54-65H,13-34,67H2,1-12H3,(H,68,84)(H,69,85)(H,70,86)(H,71,87)/t47-,48-,49-,54+,55+,56+,57+,58+,59+,60-,61-,62-,63-,64-,65-/m1/s1. The molecule has 0 spiro atoms. The van der Waals surface area contributed by atoms with Gasteiger partial charge in [-0.2, -0.15) is 0 Å². The average molecular weight is 1560 g/mol. The molecule has 3 heterocycles. The van der Waals surface area contributed by atoms with Crippen molar-refractivity contribution >= 4 is 95.3 Å². The predicted octanol–water partition coefficient (Wildman–Crippen LogP) is -3.16. The van der Waals surface area contributed by atoms with E-state index in [1.54, 1.807) is 0 Å². The molecular weight excluding hydrogens is 1450 g/mol. The lowest BCUT2D eigenvalue weighted by Crippen LogP contribution is -2.63. The van der Waals surface area contributed by atoms with E-state index in [2.05, 4.69) is 21.3 Å². The summed E-state index contributed by atoms with van der Waals surface area (Å²) in [6, 6.07) is 0. The number of esters is 12. The van der Waals surface area contributed by atoms with Crippen LogP contribution in [0.5, 0.6) is 0 Å². The van der Waals surface area contributed by atoms with Crippen LogP contribution < -0.4 is 27.0 Å². The summed E-state index contributed by atoms with van der Waals surface area (Å²) in [7, 11) is 0. The molecule has 3 saturated heterocycles. The first kappa shape index (κ1) is 93.3. The molecular formula is C66H101N5O37. The maximum Gasteiger partial charge on any atom is 0.303 e. The van der Waals surface area contributed by atoms with Gasteiger partial charge in [-0.3, -0.25) is 76.7 Å². The third kappa shape index (κ3) is 36.3. The van der Waals surface area contributed by atoms with Crippen LogP contribution in [0.2, 0.25) is 0 Å². The fraction of sp³-hybridized carbons (Fsp3) is 0.758. The van der Waals surface area contributed by atoms with Gasteiger partial charge in [0.2, 0.25) is 23.6 Å². The van der Waals surface area contributed by atoms with Gasteiger partial charge in [0.05, 0.1) is 66.0 Å². The fourth-order valence-electron chi connectivity index (χ4n) is 11.0. The van der Waals surface area contributed by atoms with Crippen LogP contribution >= 0.6 is 0 Å². The smallest absolute Gasteiger partial charge is 0.303 e. The Labute approximate surface area is 621 Å². The molecule has 0 aliphatic carbocycles. The van der Waals surface area contributed by atoms with Gasteiger partial charge in [0.25, 0.3) is 0 Å². The van der Waals surface area contributed by atoms with E-state index < -0.39 is 219 Å². The Morgan fingerprint density at radius 3 is 0.750 bits per heavy atom. The molecule has 0 saturated carbocycles. The van der Waals surface area contributed by atoms with Crippen LogP contribution in [-0.4, -0.2) is 298 Å². The van der Waals surface area contributed by atoms with Crippen molar-refractivity contribution in [3.63, 3.8) is 0 Å². The van der Waals surface area contributed by atoms with Gasteiger partial charge in [-0.1, -0.05) is 0 Å². The van der Waals surface area contributed by atoms with E-state index in [4.69, 9.17) is 105 Å². The number of amides is 4. The number of carbonyl (C=O) groups is 16. The van der Waals surface area contributed by atoms with Crippen molar-refractivity contribution in [3.8, 4) is 0 Å². The van der Waals surface area contributed by atoms with Gasteiger partial charge in [0.15, 0.2) is 73.8 Å². The Balaban J connectivity index is 1.73. The monoisotopic (exact) mass is 1560 g/mol. The van der Waals surface area contributed by atoms with Crippen molar-refractivity contribution < 1.29 is 176 Å². The number of rotatable bonds is 47. The Bertz CT molecular complexity index is 2720. The Hall–Kier alpha value is -8.88. The summed E-state index contributed by atoms with van der Waals surface area (Å²) < 4.78 is 116. The molecule has 612 valence electrons. The summed E-state index contributed by atoms with van der Waals surface area (Å²) in [4.78, 5) is 199. The van der Waals surface area contributed by atoms with Gasteiger partial charge in [-0.05, 0) is 19.3 Å². The molecule has 0 aromatic carbocycles. The normalized spacial score (nSPS) is 23.7. The van der Waals surface area contributed by atoms with E-state index in [1.165, 1.54) is 0 Å². The molecule has 3 aliphatic rings. The molecule has 6 N–H and O–H groups in total. The first-order chi connectivity index (χ1) is 51.0. The highest BCUT2D eigenvalue weighted by atomic mass is 16.8. The Morgan fingerprint density at radius 1 is 0.296 bits per heavy atom. The van der Waals surface area contributed by atoms with Gasteiger partial charge < -0.3 is 126 Å². The molecule has 0 unspecified atom stereocenters. The first-order valence-electron chi connectivity index (χ1n) is 34.3. The van der Waals surface area contributed by atoms with Gasteiger partial charge in [-0.25, -0.2) is 0 Å². The zero-order valence-corrected chi connectivity index (χ0v) is 62.4. The van der Waals surface area contributed by atoms with E-state index >= 15 is 0 Å². The van der Waals surface area contributed by atoms with Crippen molar-refractivity contribution in [3.05, 3.63) is 0 Å². The summed E-state index contributed by atoms with van der Waals surface area (Å²) in [5.41, 5.74) is 4.32. The number of nitrogens with two attached hydrogens (primary N) is 1. The number of nitrogens with one attached hydrogen (secondary N) is 4. The van der Waals surface area contributed by atoms with Gasteiger partial charge in [0, 0.05) is 128 Å². The highest BCUT2D eigenvalue weighted by molar-refractivity contribution is 5.81. The molecule has 0 radical (unpaired) electrons. The van der Waals surface area contributed by atoms with Gasteiger partial charge in [-0.15, -0.1) is 0 Å². The summed E-state index contributed by atoms with van der Waals surface area (Å²) in [5, 5.41) is 10.9. The summed E-state index contributed by atoms with van der Waals surface area (Å²) >= 11 is 0. The second kappa shape index (κ2) is 49.2. The third-order valence-corrected chi connectivity index (χ3v) is 15.2. The predicted molar refractivity (Wildman–Crippen MR) is 353 cm³/mol. The molecule has 108 heavy (non-hydrogen) atoms. The molecule has 15 atom stereocenters. The van der Waals surface area contributed by atoms with E-state index in [-0.39, 0.29) is 118 Å². The number of ether oxygens (including phenoxy) is 21. The lowest BCUT2D eigenvalue weighted by atomic mass is 9.83. The minimum atomic E-state index is -1.49. The van der Waals surface area contributed by atoms with Crippen molar-refractivity contribution in [1.29, 1.82) is 0 Å². The molecule has 0 bridgehead atoms. The highest BCUT2D eigenvalue weighted by Gasteiger charge is 2.56. The van der Waals surface area contributed by atoms with Crippen LogP contribution in [-0.2, 0) is 176 Å². The second-order valence-electron chi connectivity index (χ2n) is 24.2. The largest absolute Gasteiger partial charge is 0.463 e. The van der Waals surface area contributed by atoms with E-state index in [0.717, 1.165) is 83.1 Å². The number of hydrogen-bond donors (Lipinski definition) is 5. The molecule has 3 fully saturated rings. The molecule has 0 aromatic heterocycles. The SMILES string of the molecule is CC(=O)OC[C@H]1O[C@@H](OCCOCCNC(=O)CCC(CCC(=O)NCCOCCO[C@@H]2O[C@H](COC(C)=O)[C@H](OC(C)=O)[C@H](OC(C)=O)[C@H]2OC(C)=O)(CCC(=O)NCCOCCO[C@@H]2O[C@H](COC(C)=O)[C@H](OC(C)=O)[C@H](OC(C)=O)[C@H]2OC(C)=O)NC(=O)CN)[C@H](OC(C)=O)[C@@H](OC(C)=O)[C@H]1OC(C)=O. The quantitative estimate of drug-likeness (QED) is 0.0228. The Morgan fingerprint density at radius 2 is 0.528 bits per heavy atom. The van der Waals surface area contributed by atoms with Crippen LogP contribution in [0, 0.1) is 0 Å². The van der Waals surface area contributed by atoms with E-state index in [0.29, 0.717) is 0 Å². The average Bonchev–Trinajstić information content (AvgIpc) is 0.799. The number of hydrogen-bond acceptors (Lipinski definition) is 38. The molecule has 42 nitrogen and oxygen atoms in total. The molecule has 3 rings (SSSR count). The maximum absolute atomic E-state index is 13.5. The van der Waals surface area contributed by atoms with Crippen molar-refractivity contribution in [2.75, 3.05) is 105 Å². The van der Waals surface area contributed by atoms with Crippen LogP contribution in [0.4, 0.5) is 0 Å². The molecule has 42 heteroatoms. The van der Waals surface area contributed by atoms with Crippen molar-refractivity contribution in [1.82, 2.24) is 21.3 Å². The maximum atomic E-state index is 13.5. The lowest BCUT2D eigenvalue weighted by molar-refractivity contribution is -0.309. The minimum absolute atomic E-state index is 0.0843. The van der Waals surface area contributed by atoms with Crippen LogP contribution in [0.25, 0.3) is 0 Å². The van der Waals surface area contributed by atoms with E-state index in [9.17, 15) is 76.7 Å². The number of carbonyl (C=O) groups excluding carboxylic acids is 16. The van der Waals surface area contributed by atoms with Crippen LogP contribution in [0.15, 0.2) is 0 Å². The summed E-state index contributed by atoms with van der Waals surface area (Å²) in [5.74, 6) is -12.1. The van der Waals surface area contributed by atoms with Gasteiger partial charge in [0.1, 0.15) is 38.1 Å². The van der Waals surface area contributed by atoms with Crippen LogP contribution in [0.1, 0.15) is 122 Å². The first-order valence-corrected chi connectivity index (χ1v) is 34.3. The highest BCUT2D eigenvalue weighted by Crippen LogP contribution is 2.34. The minimum Gasteiger partial charge on any atom is -0.463 e. The van der Waals surface area contributed by atoms with Crippen LogP contribution in [0.3, 0.4) is 0 Å². The Kier molecular flexibility index (Phi) is 42.5. The zero-order chi connectivity index (χ0) is 80.6. The molecule has 4 amide bonds. The van der Waals surface area contributed by atoms with Crippen molar-refractivity contribution in [2.24, 2.45) is 5.73 Å². The molecule has 0 aromatic rings. The zero-order valence-electron chi connectivity index (χ0n) is 62.4. The summed E-state index contributed by atoms with van der Waals surface area (Å²) in [6.07, 6.45) is -22.8. The van der Waals surface area contributed by atoms with Crippen molar-refractivity contribution in [2.45, 2.75) is 219 Å². The third-order valence-electron chi connectivity index (χ3n) is 15.2. The lowest BCUT2D eigenvalue weighted by Gasteiger charge is -2.44. The van der Waals surface area contributed by atoms with Gasteiger partial charge >= 0.3 is 71.6 Å². The topological polar surface area (TPSA) is 541 Å². The van der Waals surface area contributed by atoms with E-state index in [1.807, 2.05) is 0 Å². The fourth-order valence-corrected chi connectivity index (χ4v) is 11.0. The summed E-state index contributed by atoms with van der Waals surface area (Å²) in [6.45, 7) is 9.05. The molecule has 3 aliphatic heterocycles.